The van der Waals surface area contributed by atoms with Crippen LogP contribution in [0, 0.1) is 0 Å². The molecule has 1 atom stereocenters. The predicted molar refractivity (Wildman–Crippen MR) is 72.2 cm³/mol. The molecule has 0 heterocycles. The SMILES string of the molecule is CCC[C@@H](OC(=O)c1ccccc1)P(=O)(OC)OC. The highest BCUT2D eigenvalue weighted by molar-refractivity contribution is 7.54. The fourth-order valence-corrected chi connectivity index (χ4v) is 3.02. The van der Waals surface area contributed by atoms with Gasteiger partial charge in [-0.2, -0.15) is 0 Å². The fourth-order valence-electron chi connectivity index (χ4n) is 1.60. The van der Waals surface area contributed by atoms with Crippen LogP contribution in [0.5, 0.6) is 0 Å². The Morgan fingerprint density at radius 2 is 1.79 bits per heavy atom. The molecule has 0 N–H and O–H groups in total. The first-order chi connectivity index (χ1) is 9.07. The normalized spacial score (nSPS) is 13.0. The van der Waals surface area contributed by atoms with Crippen LogP contribution in [-0.2, 0) is 18.3 Å². The third-order valence-corrected chi connectivity index (χ3v) is 4.74. The maximum atomic E-state index is 12.3. The summed E-state index contributed by atoms with van der Waals surface area (Å²) in [6.07, 6.45) is 1.11. The third kappa shape index (κ3) is 4.16. The second-order valence-electron chi connectivity index (χ2n) is 3.92. The van der Waals surface area contributed by atoms with Gasteiger partial charge in [0.15, 0.2) is 0 Å². The Labute approximate surface area is 113 Å². The predicted octanol–water partition coefficient (Wildman–Crippen LogP) is 3.46. The Morgan fingerprint density at radius 1 is 1.21 bits per heavy atom. The van der Waals surface area contributed by atoms with Crippen molar-refractivity contribution in [3.63, 3.8) is 0 Å². The average molecular weight is 286 g/mol. The molecule has 0 saturated heterocycles. The van der Waals surface area contributed by atoms with Crippen molar-refractivity contribution in [3.8, 4) is 0 Å². The first-order valence-corrected chi connectivity index (χ1v) is 7.65. The van der Waals surface area contributed by atoms with E-state index < -0.39 is 19.4 Å². The zero-order chi connectivity index (χ0) is 14.3. The van der Waals surface area contributed by atoms with E-state index in [1.165, 1.54) is 14.2 Å². The van der Waals surface area contributed by atoms with E-state index >= 15 is 0 Å². The van der Waals surface area contributed by atoms with Gasteiger partial charge in [-0.05, 0) is 18.6 Å². The zero-order valence-corrected chi connectivity index (χ0v) is 12.3. The molecule has 0 radical (unpaired) electrons. The van der Waals surface area contributed by atoms with Crippen molar-refractivity contribution in [1.29, 1.82) is 0 Å². The van der Waals surface area contributed by atoms with Crippen molar-refractivity contribution in [3.05, 3.63) is 35.9 Å². The van der Waals surface area contributed by atoms with E-state index in [4.69, 9.17) is 13.8 Å². The van der Waals surface area contributed by atoms with Gasteiger partial charge in [0.1, 0.15) is 0 Å². The molecule has 0 aliphatic carbocycles. The Bertz CT molecular complexity index is 438. The van der Waals surface area contributed by atoms with E-state index in [0.717, 1.165) is 0 Å². The summed E-state index contributed by atoms with van der Waals surface area (Å²) in [7, 11) is -0.863. The maximum Gasteiger partial charge on any atom is 0.370 e. The van der Waals surface area contributed by atoms with Gasteiger partial charge >= 0.3 is 13.6 Å². The van der Waals surface area contributed by atoms with Crippen LogP contribution in [0.25, 0.3) is 0 Å². The van der Waals surface area contributed by atoms with Crippen molar-refractivity contribution >= 4 is 13.6 Å². The third-order valence-electron chi connectivity index (χ3n) is 2.65. The molecule has 0 aliphatic heterocycles. The highest BCUT2D eigenvalue weighted by Crippen LogP contribution is 2.53. The van der Waals surface area contributed by atoms with E-state index in [2.05, 4.69) is 0 Å². The van der Waals surface area contributed by atoms with Crippen molar-refractivity contribution in [2.75, 3.05) is 14.2 Å². The number of benzene rings is 1. The molecule has 0 aromatic heterocycles. The lowest BCUT2D eigenvalue weighted by Crippen LogP contribution is -2.20. The number of ether oxygens (including phenoxy) is 1. The Balaban J connectivity index is 2.85. The Hall–Kier alpha value is -1.16. The molecule has 0 fully saturated rings. The second kappa shape index (κ2) is 7.43. The molecule has 0 unspecified atom stereocenters. The first-order valence-electron chi connectivity index (χ1n) is 6.04. The average Bonchev–Trinajstić information content (AvgIpc) is 2.46. The molecular formula is C13H19O5P. The van der Waals surface area contributed by atoms with Crippen LogP contribution in [0.1, 0.15) is 30.1 Å². The fraction of sp³-hybridized carbons (Fsp3) is 0.462. The molecule has 106 valence electrons. The summed E-state index contributed by atoms with van der Waals surface area (Å²) >= 11 is 0. The molecule has 0 amide bonds. The lowest BCUT2D eigenvalue weighted by molar-refractivity contribution is 0.0369. The van der Waals surface area contributed by atoms with Crippen LogP contribution in [0.3, 0.4) is 0 Å². The standard InChI is InChI=1S/C13H19O5P/c1-4-8-12(19(15,16-2)17-3)18-13(14)11-9-6-5-7-10-11/h5-7,9-10,12H,4,8H2,1-3H3/t12-/m0/s1. The van der Waals surface area contributed by atoms with E-state index in [1.807, 2.05) is 6.92 Å². The van der Waals surface area contributed by atoms with Gasteiger partial charge in [0.25, 0.3) is 0 Å². The van der Waals surface area contributed by atoms with Crippen LogP contribution >= 0.6 is 7.60 Å². The molecule has 1 rings (SSSR count). The summed E-state index contributed by atoms with van der Waals surface area (Å²) in [6.45, 7) is 1.90. The number of carbonyl (C=O) groups excluding carboxylic acids is 1. The van der Waals surface area contributed by atoms with Crippen molar-refractivity contribution < 1.29 is 23.1 Å². The van der Waals surface area contributed by atoms with E-state index in [-0.39, 0.29) is 0 Å². The lowest BCUT2D eigenvalue weighted by Gasteiger charge is -2.23. The van der Waals surface area contributed by atoms with Crippen LogP contribution in [0.2, 0.25) is 0 Å². The largest absolute Gasteiger partial charge is 0.446 e. The van der Waals surface area contributed by atoms with Gasteiger partial charge in [-0.3, -0.25) is 4.57 Å². The van der Waals surface area contributed by atoms with Gasteiger partial charge in [-0.25, -0.2) is 4.79 Å². The van der Waals surface area contributed by atoms with Crippen LogP contribution in [0.4, 0.5) is 0 Å². The van der Waals surface area contributed by atoms with Gasteiger partial charge in [-0.1, -0.05) is 31.5 Å². The Morgan fingerprint density at radius 3 is 2.26 bits per heavy atom. The van der Waals surface area contributed by atoms with E-state index in [1.54, 1.807) is 30.3 Å². The van der Waals surface area contributed by atoms with Gasteiger partial charge in [0, 0.05) is 14.2 Å². The van der Waals surface area contributed by atoms with Crippen LogP contribution in [0.15, 0.2) is 30.3 Å². The number of hydrogen-bond acceptors (Lipinski definition) is 5. The molecule has 19 heavy (non-hydrogen) atoms. The molecule has 0 spiro atoms. The lowest BCUT2D eigenvalue weighted by atomic mass is 10.2. The number of carbonyl (C=O) groups is 1. The summed E-state index contributed by atoms with van der Waals surface area (Å²) in [5, 5.41) is 0. The molecule has 5 nitrogen and oxygen atoms in total. The van der Waals surface area contributed by atoms with Gasteiger partial charge < -0.3 is 13.8 Å². The van der Waals surface area contributed by atoms with Crippen molar-refractivity contribution in [1.82, 2.24) is 0 Å². The van der Waals surface area contributed by atoms with Crippen LogP contribution in [-0.4, -0.2) is 26.0 Å². The highest BCUT2D eigenvalue weighted by Gasteiger charge is 2.36. The summed E-state index contributed by atoms with van der Waals surface area (Å²) in [5.41, 5.74) is 0.405. The van der Waals surface area contributed by atoms with Crippen LogP contribution < -0.4 is 0 Å². The molecule has 6 heteroatoms. The first kappa shape index (κ1) is 15.9. The minimum atomic E-state index is -3.43. The quantitative estimate of drug-likeness (QED) is 0.567. The van der Waals surface area contributed by atoms with E-state index in [0.29, 0.717) is 18.4 Å². The monoisotopic (exact) mass is 286 g/mol. The van der Waals surface area contributed by atoms with Gasteiger partial charge in [0.2, 0.25) is 5.85 Å². The topological polar surface area (TPSA) is 61.8 Å². The van der Waals surface area contributed by atoms with Crippen molar-refractivity contribution in [2.24, 2.45) is 0 Å². The Kier molecular flexibility index (Phi) is 6.22. The number of esters is 1. The second-order valence-corrected chi connectivity index (χ2v) is 6.31. The molecule has 1 aromatic carbocycles. The highest BCUT2D eigenvalue weighted by atomic mass is 31.2. The number of hydrogen-bond donors (Lipinski definition) is 0. The smallest absolute Gasteiger partial charge is 0.370 e. The van der Waals surface area contributed by atoms with Gasteiger partial charge in [-0.15, -0.1) is 0 Å². The molecule has 0 saturated carbocycles. The molecule has 0 aliphatic rings. The van der Waals surface area contributed by atoms with Gasteiger partial charge in [0.05, 0.1) is 5.56 Å². The summed E-state index contributed by atoms with van der Waals surface area (Å²) in [4.78, 5) is 12.0. The summed E-state index contributed by atoms with van der Waals surface area (Å²) in [6, 6.07) is 8.54. The summed E-state index contributed by atoms with van der Waals surface area (Å²) in [5.74, 6) is -1.42. The molecule has 0 bridgehead atoms. The van der Waals surface area contributed by atoms with Crippen molar-refractivity contribution in [2.45, 2.75) is 25.6 Å². The molecular weight excluding hydrogens is 267 g/mol. The summed E-state index contributed by atoms with van der Waals surface area (Å²) < 4.78 is 27.3. The minimum absolute atomic E-state index is 0.405. The van der Waals surface area contributed by atoms with E-state index in [9.17, 15) is 9.36 Å². The molecule has 1 aromatic rings. The number of rotatable bonds is 7. The maximum absolute atomic E-state index is 12.3. The zero-order valence-electron chi connectivity index (χ0n) is 11.4. The minimum Gasteiger partial charge on any atom is -0.446 e.